The van der Waals surface area contributed by atoms with Crippen molar-refractivity contribution in [1.29, 1.82) is 0 Å². The molecular weight excluding hydrogens is 1600 g/mol. The maximum atomic E-state index is 15.0. The number of anilines is 4. The van der Waals surface area contributed by atoms with Gasteiger partial charge < -0.3 is 89.4 Å². The van der Waals surface area contributed by atoms with Crippen LogP contribution in [-0.2, 0) is 51.1 Å². The highest BCUT2D eigenvalue weighted by Gasteiger charge is 2.48. The lowest BCUT2D eigenvalue weighted by molar-refractivity contribution is -0.918. The Hall–Kier alpha value is -11.6. The van der Waals surface area contributed by atoms with E-state index in [0.717, 1.165) is 123 Å². The van der Waals surface area contributed by atoms with Crippen molar-refractivity contribution >= 4 is 82.3 Å². The minimum atomic E-state index is -5.19. The standard InChI is InChI=1S/2C41H50F2N8O5.C2HF3O2.CH2O2/c2*1-5-27-20-29(48-36-37-46-23-32(50(37)17-14-45-36)31-8-9-33(55-3)35(43)34(31)42)6-7-30(27)38(52)47-25-41(40(54)56-4)12-15-49(16-13-41)39(53)28-10-18-51(2,19-11-28)24-26-21-44-22-26;3-2(4,5)1(6)7;2-1-3/h2*6-9,14,17,20,23,26,28,44H,5,10-13,15-16,18-19,21-22,24-25H2,1-4H3,(H-,45,47,48,52);(H,6,7);1H,(H,2,3). The number of benzene rings is 4. The summed E-state index contributed by atoms with van der Waals surface area (Å²) in [5.41, 5.74) is 3.33. The van der Waals surface area contributed by atoms with Crippen LogP contribution in [0, 0.1) is 57.8 Å². The monoisotopic (exact) mass is 1700 g/mol. The van der Waals surface area contributed by atoms with Gasteiger partial charge in [0.25, 0.3) is 11.8 Å². The van der Waals surface area contributed by atoms with Gasteiger partial charge in [-0.1, -0.05) is 13.8 Å². The molecule has 6 saturated heterocycles. The minimum Gasteiger partial charge on any atom is -0.554 e. The third kappa shape index (κ3) is 20.6. The van der Waals surface area contributed by atoms with E-state index in [-0.39, 0.29) is 83.1 Å². The number of carboxylic acids is 1. The minimum absolute atomic E-state index is 0.00622. The van der Waals surface area contributed by atoms with Gasteiger partial charge in [0, 0.05) is 180 Å². The Morgan fingerprint density at radius 1 is 0.557 bits per heavy atom. The highest BCUT2D eigenvalue weighted by molar-refractivity contribution is 5.98. The summed E-state index contributed by atoms with van der Waals surface area (Å²) in [5, 5.41) is 36.3. The number of fused-ring (bicyclic) bond motifs is 2. The van der Waals surface area contributed by atoms with Crippen molar-refractivity contribution in [1.82, 2.24) is 59.8 Å². The van der Waals surface area contributed by atoms with E-state index in [4.69, 9.17) is 38.7 Å². The molecule has 0 spiro atoms. The zero-order valence-electron chi connectivity index (χ0n) is 69.3. The molecule has 656 valence electrons. The van der Waals surface area contributed by atoms with Gasteiger partial charge in [-0.3, -0.25) is 37.6 Å². The molecule has 122 heavy (non-hydrogen) atoms. The summed E-state index contributed by atoms with van der Waals surface area (Å²) in [6, 6.07) is 16.2. The molecule has 37 heteroatoms. The summed E-state index contributed by atoms with van der Waals surface area (Å²) in [5.74, 6) is -6.52. The third-order valence-corrected chi connectivity index (χ3v) is 24.5. The maximum Gasteiger partial charge on any atom is 0.430 e. The number of methoxy groups -OCH3 is 4. The summed E-state index contributed by atoms with van der Waals surface area (Å²) >= 11 is 0. The van der Waals surface area contributed by atoms with Crippen LogP contribution in [-0.4, -0.2) is 249 Å². The lowest BCUT2D eigenvalue weighted by Gasteiger charge is -2.45. The highest BCUT2D eigenvalue weighted by atomic mass is 19.4. The first kappa shape index (κ1) is 91.2. The van der Waals surface area contributed by atoms with Gasteiger partial charge in [-0.05, 0) is 110 Å². The number of hydrogen-bond acceptors (Lipinski definition) is 22. The maximum absolute atomic E-state index is 15.0. The molecule has 0 saturated carbocycles. The van der Waals surface area contributed by atoms with Crippen molar-refractivity contribution < 1.29 is 107 Å². The number of alkyl halides is 3. The number of nitrogens with one attached hydrogen (secondary N) is 6. The number of aryl methyl sites for hydroxylation is 2. The number of carbonyl (C=O) groups is 8. The molecule has 0 bridgehead atoms. The molecule has 0 atom stereocenters. The van der Waals surface area contributed by atoms with Gasteiger partial charge >= 0.3 is 18.1 Å². The largest absolute Gasteiger partial charge is 0.554 e. The zero-order valence-corrected chi connectivity index (χ0v) is 69.3. The predicted molar refractivity (Wildman–Crippen MR) is 430 cm³/mol. The Balaban J connectivity index is 0.000000214. The van der Waals surface area contributed by atoms with Crippen molar-refractivity contribution in [2.24, 2.45) is 34.5 Å². The zero-order chi connectivity index (χ0) is 88.0. The van der Waals surface area contributed by atoms with Crippen LogP contribution in [0.15, 0.2) is 97.8 Å². The summed E-state index contributed by atoms with van der Waals surface area (Å²) in [6.07, 6.45) is 10.2. The smallest absolute Gasteiger partial charge is 0.430 e. The first-order chi connectivity index (χ1) is 58.3. The van der Waals surface area contributed by atoms with Crippen molar-refractivity contribution in [2.75, 3.05) is 158 Å². The molecular formula is C85H103F7N16O14. The number of likely N-dealkylation sites (tertiary alicyclic amines) is 4. The van der Waals surface area contributed by atoms with E-state index in [9.17, 15) is 59.5 Å². The number of quaternary nitrogens is 2. The molecule has 4 amide bonds. The van der Waals surface area contributed by atoms with Gasteiger partial charge in [-0.25, -0.2) is 28.7 Å². The Morgan fingerprint density at radius 2 is 0.910 bits per heavy atom. The van der Waals surface area contributed by atoms with Crippen molar-refractivity contribution in [3.05, 3.63) is 143 Å². The van der Waals surface area contributed by atoms with E-state index >= 15 is 0 Å². The van der Waals surface area contributed by atoms with Crippen molar-refractivity contribution in [3.63, 3.8) is 0 Å². The SMILES string of the molecule is CCc1cc(Nc2nccn3c(-c4ccc(OC)c(F)c4F)cnc23)ccc1C(=O)NCC1(C(=O)OC)CCN(C(=O)C2CC[N+](C)(CC3CNC3)CC2)CC1.CCc1cc(Nc2nccn3c(-c4ccc(OC)c(F)c4F)cnc23)ccc1C(=O)NCC1(C(=O)OC)CCN(C(=O)C2CC[N+](C)(CC3CNC3)CC2)CC1.O=C([O-])C(F)(F)F.O=C[O-]. The van der Waals surface area contributed by atoms with Crippen LogP contribution in [0.2, 0.25) is 0 Å². The van der Waals surface area contributed by atoms with E-state index in [1.807, 2.05) is 35.8 Å². The van der Waals surface area contributed by atoms with Crippen molar-refractivity contribution in [2.45, 2.75) is 84.2 Å². The van der Waals surface area contributed by atoms with Gasteiger partial charge in [0.1, 0.15) is 5.97 Å². The summed E-state index contributed by atoms with van der Waals surface area (Å²) in [6.45, 7) is 16.0. The average molecular weight is 1710 g/mol. The van der Waals surface area contributed by atoms with Crippen LogP contribution in [0.5, 0.6) is 11.5 Å². The van der Waals surface area contributed by atoms with Crippen molar-refractivity contribution in [3.8, 4) is 34.0 Å². The number of halogens is 7. The van der Waals surface area contributed by atoms with E-state index in [1.165, 1.54) is 77.5 Å². The predicted octanol–water partition coefficient (Wildman–Crippen LogP) is 6.82. The molecule has 0 unspecified atom stereocenters. The normalized spacial score (nSPS) is 20.0. The molecule has 6 aliphatic rings. The summed E-state index contributed by atoms with van der Waals surface area (Å²) in [4.78, 5) is 120. The number of ether oxygens (including phenoxy) is 4. The first-order valence-corrected chi connectivity index (χ1v) is 40.5. The fraction of sp³-hybridized carbons (Fsp3) is 0.482. The first-order valence-electron chi connectivity index (χ1n) is 40.5. The number of imidazole rings is 2. The molecule has 6 N–H and O–H groups in total. The second-order valence-corrected chi connectivity index (χ2v) is 32.4. The van der Waals surface area contributed by atoms with E-state index < -0.39 is 52.7 Å². The molecule has 6 fully saturated rings. The van der Waals surface area contributed by atoms with Crippen LogP contribution in [0.25, 0.3) is 33.8 Å². The van der Waals surface area contributed by atoms with Gasteiger partial charge in [0.2, 0.25) is 23.4 Å². The second kappa shape index (κ2) is 39.5. The number of rotatable bonds is 24. The quantitative estimate of drug-likeness (QED) is 0.0156. The van der Waals surface area contributed by atoms with Gasteiger partial charge in [-0.2, -0.15) is 22.0 Å². The number of piperidine rings is 4. The fourth-order valence-corrected chi connectivity index (χ4v) is 17.1. The third-order valence-electron chi connectivity index (χ3n) is 24.5. The molecule has 8 aromatic rings. The summed E-state index contributed by atoms with van der Waals surface area (Å²) < 4.78 is 116. The number of aliphatic carboxylic acids is 1. The number of amides is 4. The molecule has 6 aliphatic heterocycles. The molecule has 30 nitrogen and oxygen atoms in total. The Kier molecular flexibility index (Phi) is 29.5. The van der Waals surface area contributed by atoms with Crippen LogP contribution >= 0.6 is 0 Å². The van der Waals surface area contributed by atoms with Gasteiger partial charge in [-0.15, -0.1) is 0 Å². The van der Waals surface area contributed by atoms with Crippen LogP contribution < -0.4 is 51.6 Å². The Morgan fingerprint density at radius 3 is 1.21 bits per heavy atom. The van der Waals surface area contributed by atoms with Crippen LogP contribution in [0.3, 0.4) is 0 Å². The van der Waals surface area contributed by atoms with Gasteiger partial charge in [0.15, 0.2) is 46.1 Å². The van der Waals surface area contributed by atoms with Gasteiger partial charge in [0.05, 0.1) is 116 Å². The van der Waals surface area contributed by atoms with Crippen LogP contribution in [0.4, 0.5) is 53.7 Å². The number of esters is 2. The molecule has 14 rings (SSSR count). The lowest BCUT2D eigenvalue weighted by atomic mass is 9.77. The lowest BCUT2D eigenvalue weighted by Crippen LogP contribution is -2.59. The molecule has 10 heterocycles. The summed E-state index contributed by atoms with van der Waals surface area (Å²) in [7, 11) is 9.88. The number of aromatic nitrogens is 6. The van der Waals surface area contributed by atoms with Crippen LogP contribution in [0.1, 0.15) is 97.1 Å². The number of carbonyl (C=O) groups excluding carboxylic acids is 8. The van der Waals surface area contributed by atoms with E-state index in [2.05, 4.69) is 65.9 Å². The molecule has 0 aliphatic carbocycles. The van der Waals surface area contributed by atoms with E-state index in [1.54, 1.807) is 45.5 Å². The number of hydrogen-bond donors (Lipinski definition) is 6. The molecule has 4 aromatic carbocycles. The van der Waals surface area contributed by atoms with E-state index in [0.29, 0.717) is 122 Å². The topological polar surface area (TPSA) is 359 Å². The second-order valence-electron chi connectivity index (χ2n) is 32.4. The Labute approximate surface area is 700 Å². The fourth-order valence-electron chi connectivity index (χ4n) is 17.1. The molecule has 4 aromatic heterocycles. The average Bonchev–Trinajstić information content (AvgIpc) is 1.48. The molecule has 0 radical (unpaired) electrons. The number of carboxylic acid groups (broad SMARTS) is 2. The number of nitrogens with zero attached hydrogens (tertiary/aromatic N) is 10. The highest BCUT2D eigenvalue weighted by Crippen LogP contribution is 2.40. The Bertz CT molecular complexity index is 4810.